The van der Waals surface area contributed by atoms with Crippen LogP contribution >= 0.6 is 36.2 Å². The molecule has 1 aromatic rings. The van der Waals surface area contributed by atoms with Crippen molar-refractivity contribution in [3.8, 4) is 0 Å². The fourth-order valence-electron chi connectivity index (χ4n) is 1.84. The zero-order chi connectivity index (χ0) is 10.9. The summed E-state index contributed by atoms with van der Waals surface area (Å²) in [7, 11) is 0. The smallest absolute Gasteiger partial charge is 0.273 e. The Morgan fingerprint density at radius 3 is 2.82 bits per heavy atom. The standard InChI is InChI=1S/C10H15N3OS.2ClH/c1-10(5-11)2-3-13(6-10)9(14)8-4-15-7-12-8;;/h4,7H,2-3,5-6,11H2,1H3;2*1H. The summed E-state index contributed by atoms with van der Waals surface area (Å²) >= 11 is 1.45. The Morgan fingerprint density at radius 2 is 2.35 bits per heavy atom. The SMILES string of the molecule is CC1(CN)CCN(C(=O)c2cscn2)C1.Cl.Cl. The highest BCUT2D eigenvalue weighted by atomic mass is 35.5. The zero-order valence-corrected chi connectivity index (χ0v) is 12.0. The second kappa shape index (κ2) is 6.54. The molecule has 17 heavy (non-hydrogen) atoms. The highest BCUT2D eigenvalue weighted by molar-refractivity contribution is 7.07. The van der Waals surface area contributed by atoms with Crippen LogP contribution in [-0.4, -0.2) is 35.4 Å². The molecule has 1 unspecified atom stereocenters. The first-order valence-electron chi connectivity index (χ1n) is 5.02. The van der Waals surface area contributed by atoms with Crippen molar-refractivity contribution in [3.63, 3.8) is 0 Å². The average molecular weight is 298 g/mol. The zero-order valence-electron chi connectivity index (χ0n) is 9.59. The summed E-state index contributed by atoms with van der Waals surface area (Å²) in [6.07, 6.45) is 0.985. The first kappa shape index (κ1) is 16.6. The van der Waals surface area contributed by atoms with Gasteiger partial charge < -0.3 is 10.6 Å². The van der Waals surface area contributed by atoms with Crippen LogP contribution in [0.1, 0.15) is 23.8 Å². The molecule has 0 radical (unpaired) electrons. The van der Waals surface area contributed by atoms with Crippen molar-refractivity contribution in [3.05, 3.63) is 16.6 Å². The number of hydrogen-bond donors (Lipinski definition) is 1. The first-order valence-corrected chi connectivity index (χ1v) is 5.96. The molecule has 0 saturated carbocycles. The predicted molar refractivity (Wildman–Crippen MR) is 74.3 cm³/mol. The lowest BCUT2D eigenvalue weighted by Crippen LogP contribution is -2.34. The summed E-state index contributed by atoms with van der Waals surface area (Å²) in [5, 5.41) is 1.79. The van der Waals surface area contributed by atoms with Crippen LogP contribution in [0.15, 0.2) is 10.9 Å². The molecule has 1 aromatic heterocycles. The van der Waals surface area contributed by atoms with E-state index < -0.39 is 0 Å². The van der Waals surface area contributed by atoms with Crippen molar-refractivity contribution in [1.29, 1.82) is 0 Å². The van der Waals surface area contributed by atoms with E-state index in [9.17, 15) is 4.79 Å². The topological polar surface area (TPSA) is 59.2 Å². The van der Waals surface area contributed by atoms with Gasteiger partial charge in [0.25, 0.3) is 5.91 Å². The summed E-state index contributed by atoms with van der Waals surface area (Å²) in [4.78, 5) is 17.8. The van der Waals surface area contributed by atoms with Crippen LogP contribution in [0.25, 0.3) is 0 Å². The van der Waals surface area contributed by atoms with Crippen molar-refractivity contribution in [2.24, 2.45) is 11.1 Å². The van der Waals surface area contributed by atoms with Gasteiger partial charge in [-0.2, -0.15) is 0 Å². The number of thiazole rings is 1. The molecule has 1 aliphatic rings. The van der Waals surface area contributed by atoms with Crippen LogP contribution in [0, 0.1) is 5.41 Å². The fraction of sp³-hybridized carbons (Fsp3) is 0.600. The largest absolute Gasteiger partial charge is 0.337 e. The molecule has 7 heteroatoms. The van der Waals surface area contributed by atoms with Crippen LogP contribution in [-0.2, 0) is 0 Å². The van der Waals surface area contributed by atoms with Gasteiger partial charge in [0.05, 0.1) is 5.51 Å². The van der Waals surface area contributed by atoms with Gasteiger partial charge in [-0.3, -0.25) is 4.79 Å². The molecule has 2 heterocycles. The van der Waals surface area contributed by atoms with Gasteiger partial charge in [-0.15, -0.1) is 36.2 Å². The van der Waals surface area contributed by atoms with Crippen molar-refractivity contribution in [2.45, 2.75) is 13.3 Å². The Kier molecular flexibility index (Phi) is 6.40. The summed E-state index contributed by atoms with van der Waals surface area (Å²) in [5.74, 6) is 0.0356. The number of amides is 1. The van der Waals surface area contributed by atoms with Crippen molar-refractivity contribution < 1.29 is 4.79 Å². The van der Waals surface area contributed by atoms with E-state index >= 15 is 0 Å². The molecular weight excluding hydrogens is 281 g/mol. The lowest BCUT2D eigenvalue weighted by molar-refractivity contribution is 0.0772. The number of rotatable bonds is 2. The van der Waals surface area contributed by atoms with E-state index in [-0.39, 0.29) is 36.1 Å². The van der Waals surface area contributed by atoms with Gasteiger partial charge in [0.1, 0.15) is 5.69 Å². The van der Waals surface area contributed by atoms with Gasteiger partial charge in [-0.05, 0) is 18.4 Å². The Labute approximate surface area is 117 Å². The number of aromatic nitrogens is 1. The average Bonchev–Trinajstić information content (AvgIpc) is 2.86. The highest BCUT2D eigenvalue weighted by Gasteiger charge is 2.35. The number of hydrogen-bond acceptors (Lipinski definition) is 4. The van der Waals surface area contributed by atoms with Crippen LogP contribution in [0.4, 0.5) is 0 Å². The van der Waals surface area contributed by atoms with Crippen LogP contribution in [0.2, 0.25) is 0 Å². The molecule has 2 N–H and O–H groups in total. The van der Waals surface area contributed by atoms with E-state index in [1.54, 1.807) is 10.9 Å². The highest BCUT2D eigenvalue weighted by Crippen LogP contribution is 2.29. The minimum absolute atomic E-state index is 0. The van der Waals surface area contributed by atoms with E-state index in [1.165, 1.54) is 11.3 Å². The van der Waals surface area contributed by atoms with Crippen LogP contribution < -0.4 is 5.73 Å². The number of carbonyl (C=O) groups excluding carboxylic acids is 1. The third-order valence-electron chi connectivity index (χ3n) is 2.99. The van der Waals surface area contributed by atoms with Gasteiger partial charge in [0, 0.05) is 18.5 Å². The Bertz CT molecular complexity index is 360. The van der Waals surface area contributed by atoms with E-state index in [0.717, 1.165) is 19.5 Å². The van der Waals surface area contributed by atoms with E-state index in [4.69, 9.17) is 5.73 Å². The number of carbonyl (C=O) groups is 1. The molecule has 1 fully saturated rings. The third kappa shape index (κ3) is 3.55. The van der Waals surface area contributed by atoms with Gasteiger partial charge in [0.15, 0.2) is 0 Å². The molecule has 0 aromatic carbocycles. The molecule has 1 saturated heterocycles. The quantitative estimate of drug-likeness (QED) is 0.905. The van der Waals surface area contributed by atoms with E-state index in [2.05, 4.69) is 11.9 Å². The number of nitrogens with two attached hydrogens (primary N) is 1. The monoisotopic (exact) mass is 297 g/mol. The number of nitrogens with zero attached hydrogens (tertiary/aromatic N) is 2. The number of halogens is 2. The minimum atomic E-state index is 0. The van der Waals surface area contributed by atoms with Crippen molar-refractivity contribution in [1.82, 2.24) is 9.88 Å². The summed E-state index contributed by atoms with van der Waals surface area (Å²) < 4.78 is 0. The Balaban J connectivity index is 0.00000128. The maximum atomic E-state index is 11.9. The fourth-order valence-corrected chi connectivity index (χ4v) is 2.37. The minimum Gasteiger partial charge on any atom is -0.337 e. The maximum Gasteiger partial charge on any atom is 0.273 e. The maximum absolute atomic E-state index is 11.9. The van der Waals surface area contributed by atoms with Crippen LogP contribution in [0.3, 0.4) is 0 Å². The third-order valence-corrected chi connectivity index (χ3v) is 3.58. The lowest BCUT2D eigenvalue weighted by atomic mass is 9.90. The summed E-state index contributed by atoms with van der Waals surface area (Å²) in [6.45, 7) is 4.30. The van der Waals surface area contributed by atoms with Crippen molar-refractivity contribution >= 4 is 42.1 Å². The van der Waals surface area contributed by atoms with E-state index in [0.29, 0.717) is 12.2 Å². The molecule has 0 spiro atoms. The Morgan fingerprint density at radius 1 is 1.65 bits per heavy atom. The van der Waals surface area contributed by atoms with Gasteiger partial charge in [-0.1, -0.05) is 6.92 Å². The summed E-state index contributed by atoms with van der Waals surface area (Å²) in [6, 6.07) is 0. The Hall–Kier alpha value is -0.360. The van der Waals surface area contributed by atoms with Gasteiger partial charge in [-0.25, -0.2) is 4.98 Å². The molecule has 1 atom stereocenters. The molecular formula is C10H17Cl2N3OS. The molecule has 0 aliphatic carbocycles. The molecule has 98 valence electrons. The van der Waals surface area contributed by atoms with Crippen molar-refractivity contribution in [2.75, 3.05) is 19.6 Å². The molecule has 0 bridgehead atoms. The van der Waals surface area contributed by atoms with Crippen LogP contribution in [0.5, 0.6) is 0 Å². The lowest BCUT2D eigenvalue weighted by Gasteiger charge is -2.21. The molecule has 1 aliphatic heterocycles. The molecule has 1 amide bonds. The first-order chi connectivity index (χ1) is 7.14. The predicted octanol–water partition coefficient (Wildman–Crippen LogP) is 1.80. The molecule has 4 nitrogen and oxygen atoms in total. The molecule has 2 rings (SSSR count). The van der Waals surface area contributed by atoms with Gasteiger partial charge >= 0.3 is 0 Å². The second-order valence-corrected chi connectivity index (χ2v) is 5.08. The second-order valence-electron chi connectivity index (χ2n) is 4.37. The number of likely N-dealkylation sites (tertiary alicyclic amines) is 1. The summed E-state index contributed by atoms with van der Waals surface area (Å²) in [5.41, 5.74) is 8.03. The normalized spacial score (nSPS) is 22.8. The van der Waals surface area contributed by atoms with Gasteiger partial charge in [0.2, 0.25) is 0 Å². The van der Waals surface area contributed by atoms with E-state index in [1.807, 2.05) is 4.90 Å².